The van der Waals surface area contributed by atoms with Crippen molar-refractivity contribution in [3.63, 3.8) is 0 Å². The average molecular weight is 258 g/mol. The van der Waals surface area contributed by atoms with Crippen LogP contribution in [0.4, 0.5) is 4.79 Å². The van der Waals surface area contributed by atoms with E-state index in [4.69, 9.17) is 5.73 Å². The van der Waals surface area contributed by atoms with Crippen molar-refractivity contribution in [2.24, 2.45) is 11.7 Å². The van der Waals surface area contributed by atoms with E-state index in [0.717, 1.165) is 24.2 Å². The van der Waals surface area contributed by atoms with Gasteiger partial charge in [0.05, 0.1) is 0 Å². The summed E-state index contributed by atoms with van der Waals surface area (Å²) in [5, 5.41) is 0. The number of hydrogen-bond acceptors (Lipinski definition) is 2. The summed E-state index contributed by atoms with van der Waals surface area (Å²) < 4.78 is 0. The van der Waals surface area contributed by atoms with Gasteiger partial charge in [0.25, 0.3) is 0 Å². The van der Waals surface area contributed by atoms with Gasteiger partial charge < -0.3 is 5.73 Å². The van der Waals surface area contributed by atoms with Crippen LogP contribution in [-0.4, -0.2) is 31.7 Å². The fraction of sp³-hybridized carbons (Fsp3) is 0.429. The van der Waals surface area contributed by atoms with Gasteiger partial charge in [-0.05, 0) is 30.7 Å². The first-order valence-electron chi connectivity index (χ1n) is 6.62. The van der Waals surface area contributed by atoms with Crippen LogP contribution < -0.4 is 11.2 Å². The Morgan fingerprint density at radius 3 is 2.47 bits per heavy atom. The molecule has 0 saturated heterocycles. The summed E-state index contributed by atoms with van der Waals surface area (Å²) in [6, 6.07) is 7.78. The number of carbonyl (C=O) groups excluding carboxylic acids is 2. The third-order valence-electron chi connectivity index (χ3n) is 3.99. The topological polar surface area (TPSA) is 63.4 Å². The minimum Gasteiger partial charge on any atom is -0.351 e. The number of nitrogens with two attached hydrogens (primary N) is 1. The van der Waals surface area contributed by atoms with E-state index >= 15 is 0 Å². The standard InChI is InChI=1S/C14H19BN2O2/c1-17(14(16)19)13(18)11-3-2-10(8-11)9-4-6-12(15)7-5-9/h4-7,10-11H,2-3,8,15H2,1H3,(H2,16,19)/t10-,11-/m0/s1. The number of nitrogens with zero attached hydrogens (tertiary/aromatic N) is 1. The van der Waals surface area contributed by atoms with Crippen LogP contribution in [0.5, 0.6) is 0 Å². The van der Waals surface area contributed by atoms with E-state index in [1.54, 1.807) is 0 Å². The van der Waals surface area contributed by atoms with E-state index in [1.165, 1.54) is 18.1 Å². The molecule has 1 aromatic rings. The van der Waals surface area contributed by atoms with Crippen molar-refractivity contribution >= 4 is 25.2 Å². The Morgan fingerprint density at radius 2 is 1.89 bits per heavy atom. The maximum atomic E-state index is 12.0. The van der Waals surface area contributed by atoms with Gasteiger partial charge in [-0.3, -0.25) is 9.69 Å². The second kappa shape index (κ2) is 5.47. The molecule has 2 rings (SSSR count). The van der Waals surface area contributed by atoms with Gasteiger partial charge in [-0.25, -0.2) is 4.79 Å². The summed E-state index contributed by atoms with van der Waals surface area (Å²) in [6.07, 6.45) is 2.63. The highest BCUT2D eigenvalue weighted by Gasteiger charge is 2.33. The van der Waals surface area contributed by atoms with E-state index in [2.05, 4.69) is 32.1 Å². The zero-order valence-corrected chi connectivity index (χ0v) is 11.4. The van der Waals surface area contributed by atoms with Crippen molar-refractivity contribution in [2.75, 3.05) is 7.05 Å². The van der Waals surface area contributed by atoms with Gasteiger partial charge in [0.15, 0.2) is 0 Å². The lowest BCUT2D eigenvalue weighted by Crippen LogP contribution is -2.40. The molecule has 0 aromatic heterocycles. The second-order valence-corrected chi connectivity index (χ2v) is 5.35. The maximum absolute atomic E-state index is 12.0. The van der Waals surface area contributed by atoms with Gasteiger partial charge in [0, 0.05) is 13.0 Å². The van der Waals surface area contributed by atoms with Crippen molar-refractivity contribution in [2.45, 2.75) is 25.2 Å². The van der Waals surface area contributed by atoms with Gasteiger partial charge in [0.2, 0.25) is 5.91 Å². The van der Waals surface area contributed by atoms with Crippen LogP contribution in [0.3, 0.4) is 0 Å². The molecule has 1 aromatic carbocycles. The van der Waals surface area contributed by atoms with Crippen molar-refractivity contribution in [1.82, 2.24) is 4.90 Å². The Hall–Kier alpha value is -1.78. The summed E-state index contributed by atoms with van der Waals surface area (Å²) >= 11 is 0. The summed E-state index contributed by atoms with van der Waals surface area (Å²) in [6.45, 7) is 0. The Labute approximate surface area is 114 Å². The lowest BCUT2D eigenvalue weighted by molar-refractivity contribution is -0.131. The molecule has 0 unspecified atom stereocenters. The number of amides is 3. The largest absolute Gasteiger partial charge is 0.351 e. The fourth-order valence-corrected chi connectivity index (χ4v) is 2.73. The molecule has 0 heterocycles. The smallest absolute Gasteiger partial charge is 0.321 e. The van der Waals surface area contributed by atoms with Crippen molar-refractivity contribution in [1.29, 1.82) is 0 Å². The predicted octanol–water partition coefficient (Wildman–Crippen LogP) is 0.366. The number of rotatable bonds is 2. The van der Waals surface area contributed by atoms with Crippen LogP contribution in [0.2, 0.25) is 0 Å². The highest BCUT2D eigenvalue weighted by molar-refractivity contribution is 6.32. The number of urea groups is 1. The first-order valence-corrected chi connectivity index (χ1v) is 6.62. The van der Waals surface area contributed by atoms with Crippen LogP contribution in [0.15, 0.2) is 24.3 Å². The Balaban J connectivity index is 2.02. The van der Waals surface area contributed by atoms with E-state index in [1.807, 2.05) is 0 Å². The molecule has 4 nitrogen and oxygen atoms in total. The van der Waals surface area contributed by atoms with Crippen LogP contribution in [0.1, 0.15) is 30.7 Å². The van der Waals surface area contributed by atoms with Crippen LogP contribution in [0.25, 0.3) is 0 Å². The molecule has 1 aliphatic rings. The normalized spacial score (nSPS) is 22.2. The van der Waals surface area contributed by atoms with Crippen LogP contribution in [0, 0.1) is 5.92 Å². The number of hydrogen-bond donors (Lipinski definition) is 1. The van der Waals surface area contributed by atoms with E-state index in [-0.39, 0.29) is 11.8 Å². The van der Waals surface area contributed by atoms with E-state index in [0.29, 0.717) is 5.92 Å². The van der Waals surface area contributed by atoms with Gasteiger partial charge in [-0.1, -0.05) is 29.7 Å². The molecule has 1 saturated carbocycles. The Kier molecular flexibility index (Phi) is 3.93. The maximum Gasteiger partial charge on any atom is 0.321 e. The summed E-state index contributed by atoms with van der Waals surface area (Å²) in [4.78, 5) is 24.1. The minimum absolute atomic E-state index is 0.0798. The van der Waals surface area contributed by atoms with Gasteiger partial charge in [-0.2, -0.15) is 0 Å². The van der Waals surface area contributed by atoms with E-state index < -0.39 is 6.03 Å². The molecular weight excluding hydrogens is 239 g/mol. The van der Waals surface area contributed by atoms with Gasteiger partial charge in [0.1, 0.15) is 7.85 Å². The molecular formula is C14H19BN2O2. The van der Waals surface area contributed by atoms with Gasteiger partial charge >= 0.3 is 6.03 Å². The first kappa shape index (κ1) is 13.7. The lowest BCUT2D eigenvalue weighted by atomic mass is 9.90. The average Bonchev–Trinajstić information content (AvgIpc) is 2.87. The zero-order chi connectivity index (χ0) is 14.0. The predicted molar refractivity (Wildman–Crippen MR) is 77.1 cm³/mol. The quantitative estimate of drug-likeness (QED) is 0.779. The fourth-order valence-electron chi connectivity index (χ4n) is 2.73. The lowest BCUT2D eigenvalue weighted by Gasteiger charge is -2.17. The van der Waals surface area contributed by atoms with Gasteiger partial charge in [-0.15, -0.1) is 0 Å². The molecule has 100 valence electrons. The summed E-state index contributed by atoms with van der Waals surface area (Å²) in [5.41, 5.74) is 7.65. The Morgan fingerprint density at radius 1 is 1.26 bits per heavy atom. The molecule has 3 amide bonds. The third kappa shape index (κ3) is 2.97. The molecule has 0 radical (unpaired) electrons. The number of primary amides is 1. The van der Waals surface area contributed by atoms with Crippen molar-refractivity contribution < 1.29 is 9.59 Å². The molecule has 1 aliphatic carbocycles. The highest BCUT2D eigenvalue weighted by atomic mass is 16.2. The van der Waals surface area contributed by atoms with Crippen molar-refractivity contribution in [3.05, 3.63) is 29.8 Å². The number of imide groups is 1. The monoisotopic (exact) mass is 258 g/mol. The molecule has 1 fully saturated rings. The van der Waals surface area contributed by atoms with Crippen LogP contribution in [-0.2, 0) is 4.79 Å². The first-order chi connectivity index (χ1) is 8.99. The number of benzene rings is 1. The molecule has 19 heavy (non-hydrogen) atoms. The van der Waals surface area contributed by atoms with E-state index in [9.17, 15) is 9.59 Å². The molecule has 2 N–H and O–H groups in total. The highest BCUT2D eigenvalue weighted by Crippen LogP contribution is 2.38. The Bertz CT molecular complexity index is 487. The third-order valence-corrected chi connectivity index (χ3v) is 3.99. The molecule has 0 spiro atoms. The van der Waals surface area contributed by atoms with Crippen LogP contribution >= 0.6 is 0 Å². The summed E-state index contributed by atoms with van der Waals surface area (Å²) in [7, 11) is 3.51. The van der Waals surface area contributed by atoms with Crippen molar-refractivity contribution in [3.8, 4) is 0 Å². The summed E-state index contributed by atoms with van der Waals surface area (Å²) in [5.74, 6) is 0.182. The molecule has 2 atom stereocenters. The molecule has 5 heteroatoms. The SMILES string of the molecule is Bc1ccc([C@H]2CC[C@H](C(=O)N(C)C(N)=O)C2)cc1. The number of carbonyl (C=O) groups is 2. The minimum atomic E-state index is -0.677. The second-order valence-electron chi connectivity index (χ2n) is 5.35. The molecule has 0 aliphatic heterocycles. The molecule has 0 bridgehead atoms. The zero-order valence-electron chi connectivity index (χ0n) is 11.4.